The van der Waals surface area contributed by atoms with E-state index >= 15 is 0 Å². The molecule has 0 unspecified atom stereocenters. The molecule has 7 heteroatoms. The number of anilines is 1. The average Bonchev–Trinajstić information content (AvgIpc) is 3.15. The van der Waals surface area contributed by atoms with Crippen molar-refractivity contribution in [1.82, 2.24) is 29.7 Å². The largest absolute Gasteiger partial charge is 0.355 e. The molecule has 4 aromatic rings. The highest BCUT2D eigenvalue weighted by Gasteiger charge is 2.24. The van der Waals surface area contributed by atoms with Crippen molar-refractivity contribution in [2.24, 2.45) is 7.05 Å². The van der Waals surface area contributed by atoms with Gasteiger partial charge in [-0.25, -0.2) is 4.98 Å². The number of hydrogen-bond acceptors (Lipinski definition) is 6. The van der Waals surface area contributed by atoms with Gasteiger partial charge in [0.15, 0.2) is 5.82 Å². The van der Waals surface area contributed by atoms with Gasteiger partial charge >= 0.3 is 0 Å². The van der Waals surface area contributed by atoms with Gasteiger partial charge in [0.25, 0.3) is 0 Å². The number of hydrogen-bond donors (Lipinski definition) is 0. The first-order valence-electron chi connectivity index (χ1n) is 9.96. The first kappa shape index (κ1) is 17.7. The van der Waals surface area contributed by atoms with E-state index in [0.717, 1.165) is 65.4 Å². The molecule has 0 saturated carbocycles. The van der Waals surface area contributed by atoms with Gasteiger partial charge in [-0.2, -0.15) is 5.10 Å². The molecule has 0 N–H and O–H groups in total. The van der Waals surface area contributed by atoms with E-state index in [-0.39, 0.29) is 0 Å². The Bertz CT molecular complexity index is 1130. The summed E-state index contributed by atoms with van der Waals surface area (Å²) in [6.07, 6.45) is 7.58. The molecule has 0 atom stereocenters. The van der Waals surface area contributed by atoms with Crippen LogP contribution in [0.25, 0.3) is 22.3 Å². The van der Waals surface area contributed by atoms with Crippen LogP contribution in [-0.4, -0.2) is 42.8 Å². The minimum absolute atomic E-state index is 0.416. The SMILES string of the molecule is Cc1ccc(N2CCC(c3cc4c(ncn4C)c(-c4cccnc4)n3)CC2)nn1. The van der Waals surface area contributed by atoms with E-state index in [4.69, 9.17) is 4.98 Å². The second-order valence-electron chi connectivity index (χ2n) is 7.65. The fourth-order valence-corrected chi connectivity index (χ4v) is 4.02. The summed E-state index contributed by atoms with van der Waals surface area (Å²) in [5.41, 5.74) is 6.04. The molecular weight excluding hydrogens is 362 g/mol. The lowest BCUT2D eigenvalue weighted by Crippen LogP contribution is -2.33. The highest BCUT2D eigenvalue weighted by molar-refractivity contribution is 5.89. The third kappa shape index (κ3) is 3.33. The summed E-state index contributed by atoms with van der Waals surface area (Å²) in [4.78, 5) is 16.2. The van der Waals surface area contributed by atoms with Gasteiger partial charge in [0.1, 0.15) is 5.52 Å². The third-order valence-electron chi connectivity index (χ3n) is 5.69. The summed E-state index contributed by atoms with van der Waals surface area (Å²) in [6.45, 7) is 3.87. The molecule has 0 radical (unpaired) electrons. The van der Waals surface area contributed by atoms with E-state index in [9.17, 15) is 0 Å². The van der Waals surface area contributed by atoms with Gasteiger partial charge in [-0.15, -0.1) is 5.10 Å². The van der Waals surface area contributed by atoms with Crippen molar-refractivity contribution in [3.05, 3.63) is 60.4 Å². The monoisotopic (exact) mass is 385 g/mol. The fourth-order valence-electron chi connectivity index (χ4n) is 4.02. The quantitative estimate of drug-likeness (QED) is 0.537. The lowest BCUT2D eigenvalue weighted by atomic mass is 9.92. The molecule has 0 aliphatic carbocycles. The van der Waals surface area contributed by atoms with E-state index in [1.54, 1.807) is 6.20 Å². The summed E-state index contributed by atoms with van der Waals surface area (Å²) in [6, 6.07) is 10.3. The molecule has 29 heavy (non-hydrogen) atoms. The molecule has 0 aromatic carbocycles. The molecule has 1 aliphatic rings. The van der Waals surface area contributed by atoms with E-state index in [1.165, 1.54) is 0 Å². The normalized spacial score (nSPS) is 15.2. The number of aryl methyl sites for hydroxylation is 2. The maximum Gasteiger partial charge on any atom is 0.151 e. The Labute approximate surface area is 169 Å². The van der Waals surface area contributed by atoms with Crippen molar-refractivity contribution < 1.29 is 0 Å². The van der Waals surface area contributed by atoms with Crippen LogP contribution in [0.5, 0.6) is 0 Å². The maximum absolute atomic E-state index is 5.06. The molecule has 7 nitrogen and oxygen atoms in total. The van der Waals surface area contributed by atoms with E-state index in [1.807, 2.05) is 44.7 Å². The zero-order chi connectivity index (χ0) is 19.8. The first-order valence-corrected chi connectivity index (χ1v) is 9.96. The standard InChI is InChI=1S/C22H23N7/c1-15-5-6-20(27-26-15)29-10-7-16(8-11-29)18-12-19-22(24-14-28(19)2)21(25-18)17-4-3-9-23-13-17/h3-6,9,12-14,16H,7-8,10-11H2,1-2H3. The number of nitrogens with zero attached hydrogens (tertiary/aromatic N) is 7. The zero-order valence-corrected chi connectivity index (χ0v) is 16.7. The van der Waals surface area contributed by atoms with Gasteiger partial charge in [0, 0.05) is 49.7 Å². The number of imidazole rings is 1. The summed E-state index contributed by atoms with van der Waals surface area (Å²) in [5, 5.41) is 8.54. The fraction of sp³-hybridized carbons (Fsp3) is 0.318. The molecule has 1 saturated heterocycles. The Kier molecular flexibility index (Phi) is 4.42. The van der Waals surface area contributed by atoms with Gasteiger partial charge < -0.3 is 9.47 Å². The summed E-state index contributed by atoms with van der Waals surface area (Å²) < 4.78 is 2.07. The Morgan fingerprint density at radius 2 is 1.93 bits per heavy atom. The minimum atomic E-state index is 0.416. The number of aromatic nitrogens is 6. The molecular formula is C22H23N7. The molecule has 1 fully saturated rings. The Balaban J connectivity index is 1.45. The molecule has 5 rings (SSSR count). The van der Waals surface area contributed by atoms with Crippen molar-refractivity contribution in [2.45, 2.75) is 25.7 Å². The van der Waals surface area contributed by atoms with E-state index in [0.29, 0.717) is 5.92 Å². The van der Waals surface area contributed by atoms with Gasteiger partial charge in [0.2, 0.25) is 0 Å². The minimum Gasteiger partial charge on any atom is -0.355 e. The van der Waals surface area contributed by atoms with Gasteiger partial charge in [-0.05, 0) is 50.1 Å². The lowest BCUT2D eigenvalue weighted by Gasteiger charge is -2.32. The number of fused-ring (bicyclic) bond motifs is 1. The molecule has 0 amide bonds. The van der Waals surface area contributed by atoms with Gasteiger partial charge in [-0.3, -0.25) is 9.97 Å². The predicted molar refractivity (Wildman–Crippen MR) is 113 cm³/mol. The maximum atomic E-state index is 5.06. The van der Waals surface area contributed by atoms with Gasteiger partial charge in [-0.1, -0.05) is 0 Å². The Morgan fingerprint density at radius 1 is 1.07 bits per heavy atom. The van der Waals surface area contributed by atoms with Crippen LogP contribution in [0.2, 0.25) is 0 Å². The van der Waals surface area contributed by atoms with Crippen LogP contribution in [0.4, 0.5) is 5.82 Å². The van der Waals surface area contributed by atoms with Crippen LogP contribution in [-0.2, 0) is 7.05 Å². The summed E-state index contributed by atoms with van der Waals surface area (Å²) in [5.74, 6) is 1.37. The van der Waals surface area contributed by atoms with E-state index < -0.39 is 0 Å². The van der Waals surface area contributed by atoms with Crippen molar-refractivity contribution in [3.8, 4) is 11.3 Å². The molecule has 146 valence electrons. The van der Waals surface area contributed by atoms with Crippen LogP contribution in [0.1, 0.15) is 30.1 Å². The van der Waals surface area contributed by atoms with Crippen LogP contribution < -0.4 is 4.90 Å². The summed E-state index contributed by atoms with van der Waals surface area (Å²) in [7, 11) is 2.03. The van der Waals surface area contributed by atoms with Crippen LogP contribution in [0.15, 0.2) is 49.1 Å². The van der Waals surface area contributed by atoms with Crippen molar-refractivity contribution in [2.75, 3.05) is 18.0 Å². The van der Waals surface area contributed by atoms with Crippen molar-refractivity contribution in [1.29, 1.82) is 0 Å². The molecule has 5 heterocycles. The lowest BCUT2D eigenvalue weighted by molar-refractivity contribution is 0.493. The highest BCUT2D eigenvalue weighted by atomic mass is 15.3. The number of pyridine rings is 2. The van der Waals surface area contributed by atoms with Crippen LogP contribution >= 0.6 is 0 Å². The third-order valence-corrected chi connectivity index (χ3v) is 5.69. The number of piperidine rings is 1. The second kappa shape index (κ2) is 7.24. The smallest absolute Gasteiger partial charge is 0.151 e. The molecule has 0 bridgehead atoms. The predicted octanol–water partition coefficient (Wildman–Crippen LogP) is 3.51. The van der Waals surface area contributed by atoms with Crippen LogP contribution in [0.3, 0.4) is 0 Å². The molecule has 4 aromatic heterocycles. The molecule has 0 spiro atoms. The molecule has 1 aliphatic heterocycles. The van der Waals surface area contributed by atoms with Crippen molar-refractivity contribution >= 4 is 16.9 Å². The highest BCUT2D eigenvalue weighted by Crippen LogP contribution is 2.33. The average molecular weight is 385 g/mol. The Hall–Kier alpha value is -3.35. The topological polar surface area (TPSA) is 72.6 Å². The van der Waals surface area contributed by atoms with Crippen LogP contribution in [0, 0.1) is 6.92 Å². The van der Waals surface area contributed by atoms with Gasteiger partial charge in [0.05, 0.1) is 23.2 Å². The second-order valence-corrected chi connectivity index (χ2v) is 7.65. The summed E-state index contributed by atoms with van der Waals surface area (Å²) >= 11 is 0. The number of rotatable bonds is 3. The Morgan fingerprint density at radius 3 is 2.66 bits per heavy atom. The van der Waals surface area contributed by atoms with Crippen molar-refractivity contribution in [3.63, 3.8) is 0 Å². The zero-order valence-electron chi connectivity index (χ0n) is 16.7. The first-order chi connectivity index (χ1) is 14.2. The van der Waals surface area contributed by atoms with E-state index in [2.05, 4.69) is 41.8 Å².